The maximum atomic E-state index is 10.2. The molecule has 0 aliphatic carbocycles. The number of β-amino-alcohol motifs (C(OH)–C–C–N with tert-alkyl or cyclic N) is 1. The molecule has 24 heavy (non-hydrogen) atoms. The molecule has 1 heterocycles. The first-order chi connectivity index (χ1) is 11.6. The largest absolute Gasteiger partial charge is 0.491 e. The van der Waals surface area contributed by atoms with E-state index >= 15 is 0 Å². The summed E-state index contributed by atoms with van der Waals surface area (Å²) in [6, 6.07) is 9.04. The summed E-state index contributed by atoms with van der Waals surface area (Å²) in [7, 11) is 0. The second-order valence-electron chi connectivity index (χ2n) is 6.93. The topological polar surface area (TPSA) is 59.7 Å². The molecule has 1 aromatic rings. The number of ether oxygens (including phenoxy) is 1. The van der Waals surface area contributed by atoms with Gasteiger partial charge in [0.1, 0.15) is 18.5 Å². The highest BCUT2D eigenvalue weighted by molar-refractivity contribution is 5.34. The minimum Gasteiger partial charge on any atom is -0.491 e. The Labute approximate surface area is 145 Å². The summed E-state index contributed by atoms with van der Waals surface area (Å²) in [5.74, 6) is 1.44. The molecule has 5 heteroatoms. The van der Waals surface area contributed by atoms with Crippen LogP contribution in [0.4, 0.5) is 0 Å². The quantitative estimate of drug-likeness (QED) is 0.789. The number of hydrogen-bond donors (Lipinski definition) is 1. The van der Waals surface area contributed by atoms with Crippen LogP contribution in [-0.4, -0.2) is 66.9 Å². The van der Waals surface area contributed by atoms with Crippen molar-refractivity contribution < 1.29 is 9.84 Å². The van der Waals surface area contributed by atoms with Crippen molar-refractivity contribution in [3.63, 3.8) is 0 Å². The van der Waals surface area contributed by atoms with E-state index in [1.54, 1.807) is 24.3 Å². The smallest absolute Gasteiger partial charge is 0.119 e. The van der Waals surface area contributed by atoms with E-state index in [9.17, 15) is 5.11 Å². The van der Waals surface area contributed by atoms with Crippen LogP contribution in [0.1, 0.15) is 25.8 Å². The zero-order valence-electron chi connectivity index (χ0n) is 14.8. The van der Waals surface area contributed by atoms with Gasteiger partial charge in [-0.3, -0.25) is 4.90 Å². The molecule has 0 amide bonds. The van der Waals surface area contributed by atoms with E-state index in [0.29, 0.717) is 17.9 Å². The first-order valence-corrected chi connectivity index (χ1v) is 8.82. The Morgan fingerprint density at radius 3 is 2.33 bits per heavy atom. The van der Waals surface area contributed by atoms with Crippen LogP contribution < -0.4 is 4.74 Å². The fourth-order valence-corrected chi connectivity index (χ4v) is 2.81. The number of aliphatic hydroxyl groups is 1. The van der Waals surface area contributed by atoms with Crippen LogP contribution in [0.15, 0.2) is 24.3 Å². The molecule has 1 aromatic carbocycles. The number of piperazine rings is 1. The monoisotopic (exact) mass is 331 g/mol. The Morgan fingerprint density at radius 1 is 1.12 bits per heavy atom. The lowest BCUT2D eigenvalue weighted by molar-refractivity contribution is 0.0453. The second-order valence-corrected chi connectivity index (χ2v) is 6.93. The fraction of sp³-hybridized carbons (Fsp3) is 0.632. The van der Waals surface area contributed by atoms with Crippen molar-refractivity contribution in [3.05, 3.63) is 29.8 Å². The van der Waals surface area contributed by atoms with E-state index in [1.165, 1.54) is 13.0 Å². The summed E-state index contributed by atoms with van der Waals surface area (Å²) < 4.78 is 5.60. The van der Waals surface area contributed by atoms with Gasteiger partial charge in [-0.25, -0.2) is 0 Å². The van der Waals surface area contributed by atoms with Gasteiger partial charge < -0.3 is 14.7 Å². The van der Waals surface area contributed by atoms with E-state index < -0.39 is 6.10 Å². The fourth-order valence-electron chi connectivity index (χ4n) is 2.81. The number of nitriles is 1. The first-order valence-electron chi connectivity index (χ1n) is 8.82. The van der Waals surface area contributed by atoms with Gasteiger partial charge in [-0.2, -0.15) is 5.26 Å². The highest BCUT2D eigenvalue weighted by Crippen LogP contribution is 2.12. The van der Waals surface area contributed by atoms with Crippen molar-refractivity contribution in [2.24, 2.45) is 5.92 Å². The average Bonchev–Trinajstić information content (AvgIpc) is 2.60. The number of benzene rings is 1. The van der Waals surface area contributed by atoms with Crippen molar-refractivity contribution in [2.45, 2.75) is 26.4 Å². The third-order valence-corrected chi connectivity index (χ3v) is 4.38. The molecule has 2 rings (SSSR count). The van der Waals surface area contributed by atoms with Gasteiger partial charge in [-0.1, -0.05) is 13.8 Å². The Bertz CT molecular complexity index is 516. The third-order valence-electron chi connectivity index (χ3n) is 4.38. The minimum absolute atomic E-state index is 0.277. The van der Waals surface area contributed by atoms with Crippen LogP contribution in [0, 0.1) is 17.2 Å². The lowest BCUT2D eigenvalue weighted by atomic mass is 10.1. The van der Waals surface area contributed by atoms with E-state index in [2.05, 4.69) is 29.7 Å². The maximum Gasteiger partial charge on any atom is 0.119 e. The van der Waals surface area contributed by atoms with Crippen LogP contribution in [-0.2, 0) is 0 Å². The van der Waals surface area contributed by atoms with Crippen LogP contribution >= 0.6 is 0 Å². The van der Waals surface area contributed by atoms with Crippen molar-refractivity contribution in [2.75, 3.05) is 45.9 Å². The van der Waals surface area contributed by atoms with Crippen LogP contribution in [0.25, 0.3) is 0 Å². The Balaban J connectivity index is 1.64. The molecule has 5 nitrogen and oxygen atoms in total. The Morgan fingerprint density at radius 2 is 1.75 bits per heavy atom. The lowest BCUT2D eigenvalue weighted by Crippen LogP contribution is -2.49. The summed E-state index contributed by atoms with van der Waals surface area (Å²) in [5, 5.41) is 18.9. The van der Waals surface area contributed by atoms with Gasteiger partial charge in [-0.15, -0.1) is 0 Å². The zero-order chi connectivity index (χ0) is 17.4. The first kappa shape index (κ1) is 18.7. The number of aliphatic hydroxyl groups excluding tert-OH is 1. The molecule has 0 spiro atoms. The standard InChI is InChI=1S/C19H29N3O2/c1-16(2)7-8-21-9-11-22(12-10-21)14-18(23)15-24-19-5-3-17(13-20)4-6-19/h3-6,16,18,23H,7-12,14-15H2,1-2H3. The van der Waals surface area contributed by atoms with Crippen molar-refractivity contribution >= 4 is 0 Å². The molecule has 0 aromatic heterocycles. The normalized spacial score (nSPS) is 17.6. The predicted octanol–water partition coefficient (Wildman–Crippen LogP) is 1.96. The number of rotatable bonds is 8. The van der Waals surface area contributed by atoms with E-state index in [-0.39, 0.29) is 6.61 Å². The highest BCUT2D eigenvalue weighted by atomic mass is 16.5. The minimum atomic E-state index is -0.497. The Kier molecular flexibility index (Phi) is 7.51. The summed E-state index contributed by atoms with van der Waals surface area (Å²) in [6.45, 7) is 10.8. The van der Waals surface area contributed by atoms with E-state index in [1.807, 2.05) is 0 Å². The molecule has 132 valence electrons. The van der Waals surface area contributed by atoms with Crippen molar-refractivity contribution in [1.29, 1.82) is 5.26 Å². The van der Waals surface area contributed by atoms with Crippen LogP contribution in [0.3, 0.4) is 0 Å². The lowest BCUT2D eigenvalue weighted by Gasteiger charge is -2.35. The third kappa shape index (κ3) is 6.48. The van der Waals surface area contributed by atoms with Gasteiger partial charge in [0, 0.05) is 32.7 Å². The average molecular weight is 331 g/mol. The summed E-state index contributed by atoms with van der Waals surface area (Å²) >= 11 is 0. The summed E-state index contributed by atoms with van der Waals surface area (Å²) in [6.07, 6.45) is 0.754. The number of hydrogen-bond acceptors (Lipinski definition) is 5. The predicted molar refractivity (Wildman–Crippen MR) is 95.0 cm³/mol. The van der Waals surface area contributed by atoms with Gasteiger partial charge in [0.15, 0.2) is 0 Å². The maximum absolute atomic E-state index is 10.2. The highest BCUT2D eigenvalue weighted by Gasteiger charge is 2.19. The zero-order valence-corrected chi connectivity index (χ0v) is 14.8. The van der Waals surface area contributed by atoms with Gasteiger partial charge in [-0.05, 0) is 43.1 Å². The molecule has 0 radical (unpaired) electrons. The molecular weight excluding hydrogens is 302 g/mol. The summed E-state index contributed by atoms with van der Waals surface area (Å²) in [5.41, 5.74) is 0.609. The summed E-state index contributed by atoms with van der Waals surface area (Å²) in [4.78, 5) is 4.81. The van der Waals surface area contributed by atoms with Crippen molar-refractivity contribution in [1.82, 2.24) is 9.80 Å². The van der Waals surface area contributed by atoms with E-state index in [4.69, 9.17) is 10.00 Å². The molecule has 1 unspecified atom stereocenters. The SMILES string of the molecule is CC(C)CCN1CCN(CC(O)COc2ccc(C#N)cc2)CC1. The molecular formula is C19H29N3O2. The molecule has 1 aliphatic rings. The Hall–Kier alpha value is -1.61. The molecule has 1 saturated heterocycles. The molecule has 1 aliphatic heterocycles. The molecule has 0 bridgehead atoms. The van der Waals surface area contributed by atoms with Gasteiger partial charge >= 0.3 is 0 Å². The number of nitrogens with zero attached hydrogens (tertiary/aromatic N) is 3. The van der Waals surface area contributed by atoms with E-state index in [0.717, 1.165) is 32.1 Å². The van der Waals surface area contributed by atoms with Gasteiger partial charge in [0.05, 0.1) is 11.6 Å². The molecule has 1 atom stereocenters. The molecule has 0 saturated carbocycles. The van der Waals surface area contributed by atoms with Gasteiger partial charge in [0.25, 0.3) is 0 Å². The van der Waals surface area contributed by atoms with Crippen LogP contribution in [0.5, 0.6) is 5.75 Å². The van der Waals surface area contributed by atoms with Gasteiger partial charge in [0.2, 0.25) is 0 Å². The second kappa shape index (κ2) is 9.63. The molecule has 1 fully saturated rings. The van der Waals surface area contributed by atoms with Crippen molar-refractivity contribution in [3.8, 4) is 11.8 Å². The van der Waals surface area contributed by atoms with Crippen LogP contribution in [0.2, 0.25) is 0 Å². The molecule has 1 N–H and O–H groups in total.